The van der Waals surface area contributed by atoms with Crippen LogP contribution in [0.15, 0.2) is 170 Å². The summed E-state index contributed by atoms with van der Waals surface area (Å²) < 4.78 is 44.1. The lowest BCUT2D eigenvalue weighted by Crippen LogP contribution is -2.11. The van der Waals surface area contributed by atoms with Crippen molar-refractivity contribution in [1.82, 2.24) is 0 Å². The van der Waals surface area contributed by atoms with Gasteiger partial charge in [-0.15, -0.1) is 0 Å². The Morgan fingerprint density at radius 1 is 0.377 bits per heavy atom. The van der Waals surface area contributed by atoms with E-state index in [1.54, 1.807) is 97.1 Å². The van der Waals surface area contributed by atoms with Gasteiger partial charge in [-0.25, -0.2) is 19.2 Å². The van der Waals surface area contributed by atoms with Crippen molar-refractivity contribution in [3.8, 4) is 45.3 Å². The highest BCUT2D eigenvalue weighted by Crippen LogP contribution is 2.29. The Kier molecular flexibility index (Phi) is 13.1. The van der Waals surface area contributed by atoms with Crippen molar-refractivity contribution in [3.05, 3.63) is 192 Å². The molecule has 2 heterocycles. The van der Waals surface area contributed by atoms with Crippen LogP contribution in [-0.4, -0.2) is 75.7 Å². The normalized spacial score (nSPS) is 14.7. The molecule has 0 N–H and O–H groups in total. The number of hydrogen-bond donors (Lipinski definition) is 0. The monoisotopic (exact) mass is 920 g/mol. The molecule has 12 nitrogen and oxygen atoms in total. The molecule has 12 heteroatoms. The van der Waals surface area contributed by atoms with E-state index in [1.165, 1.54) is 0 Å². The molecule has 0 radical (unpaired) electrons. The first kappa shape index (κ1) is 44.5. The zero-order valence-corrected chi connectivity index (χ0v) is 37.2. The second-order valence-corrected chi connectivity index (χ2v) is 16.6. The molecule has 2 fully saturated rings. The highest BCUT2D eigenvalue weighted by molar-refractivity contribution is 5.98. The van der Waals surface area contributed by atoms with Crippen molar-refractivity contribution >= 4 is 45.4 Å². The molecule has 0 amide bonds. The molecule has 8 aromatic rings. The fourth-order valence-electron chi connectivity index (χ4n) is 7.51. The maximum Gasteiger partial charge on any atom is 0.343 e. The molecule has 2 aliphatic rings. The van der Waals surface area contributed by atoms with Crippen LogP contribution in [0.5, 0.6) is 23.0 Å². The van der Waals surface area contributed by atoms with Gasteiger partial charge < -0.3 is 37.9 Å². The summed E-state index contributed by atoms with van der Waals surface area (Å²) in [5.74, 6) is 0.277. The van der Waals surface area contributed by atoms with Crippen molar-refractivity contribution in [3.63, 3.8) is 0 Å². The van der Waals surface area contributed by atoms with Crippen LogP contribution in [0.3, 0.4) is 0 Å². The molecule has 0 bridgehead atoms. The van der Waals surface area contributed by atoms with Crippen LogP contribution in [-0.2, 0) is 18.9 Å². The van der Waals surface area contributed by atoms with Crippen LogP contribution >= 0.6 is 0 Å². The van der Waals surface area contributed by atoms with E-state index in [-0.39, 0.29) is 25.4 Å². The Bertz CT molecular complexity index is 2940. The van der Waals surface area contributed by atoms with Crippen LogP contribution in [0.25, 0.3) is 43.8 Å². The molecule has 2 saturated heterocycles. The van der Waals surface area contributed by atoms with Crippen molar-refractivity contribution in [2.24, 2.45) is 0 Å². The first-order valence-electron chi connectivity index (χ1n) is 22.5. The Morgan fingerprint density at radius 3 is 1.07 bits per heavy atom. The van der Waals surface area contributed by atoms with Gasteiger partial charge in [0.05, 0.1) is 48.7 Å². The van der Waals surface area contributed by atoms with Gasteiger partial charge in [-0.2, -0.15) is 0 Å². The van der Waals surface area contributed by atoms with Gasteiger partial charge in [0.25, 0.3) is 0 Å². The minimum Gasteiger partial charge on any atom is -0.491 e. The predicted octanol–water partition coefficient (Wildman–Crippen LogP) is 10.7. The number of ether oxygens (including phenoxy) is 8. The van der Waals surface area contributed by atoms with Crippen molar-refractivity contribution < 1.29 is 57.1 Å². The van der Waals surface area contributed by atoms with Gasteiger partial charge in [-0.3, -0.25) is 0 Å². The predicted molar refractivity (Wildman–Crippen MR) is 257 cm³/mol. The zero-order valence-electron chi connectivity index (χ0n) is 37.2. The topological polar surface area (TPSA) is 149 Å². The van der Waals surface area contributed by atoms with Crippen molar-refractivity contribution in [2.75, 3.05) is 39.6 Å². The highest BCUT2D eigenvalue weighted by atomic mass is 16.6. The SMILES string of the molecule is O=C(OCCCOC(=O)c1ccc2cc(OC(=O)c3ccc(-c4ccc(OCC5CO5)cc4)cc3)ccc2c1)c1ccc2cc(OC(=O)c3ccc(-c4ccc(OCC5CO5)cc4)cc3)ccc2c1. The molecule has 0 aliphatic carbocycles. The lowest BCUT2D eigenvalue weighted by atomic mass is 10.0. The number of carbonyl (C=O) groups is 4. The maximum absolute atomic E-state index is 13.0. The molecule has 0 spiro atoms. The van der Waals surface area contributed by atoms with Crippen LogP contribution < -0.4 is 18.9 Å². The van der Waals surface area contributed by atoms with Crippen LogP contribution in [0.1, 0.15) is 47.9 Å². The fourth-order valence-corrected chi connectivity index (χ4v) is 7.51. The average Bonchev–Trinajstić information content (AvgIpc) is 4.35. The molecule has 0 aromatic heterocycles. The number of carbonyl (C=O) groups excluding carboxylic acids is 4. The minimum atomic E-state index is -0.517. The molecular formula is C57H44O12. The lowest BCUT2D eigenvalue weighted by Gasteiger charge is -2.10. The number of benzene rings is 8. The Hall–Kier alpha value is -8.32. The maximum atomic E-state index is 13.0. The minimum absolute atomic E-state index is 0.0435. The third kappa shape index (κ3) is 11.5. The smallest absolute Gasteiger partial charge is 0.343 e. The third-order valence-corrected chi connectivity index (χ3v) is 11.6. The summed E-state index contributed by atoms with van der Waals surface area (Å²) in [5.41, 5.74) is 5.42. The summed E-state index contributed by atoms with van der Waals surface area (Å²) in [6.45, 7) is 2.67. The molecule has 344 valence electrons. The molecule has 0 saturated carbocycles. The molecule has 2 aliphatic heterocycles. The highest BCUT2D eigenvalue weighted by Gasteiger charge is 2.24. The first-order valence-corrected chi connectivity index (χ1v) is 22.5. The first-order chi connectivity index (χ1) is 33.8. The van der Waals surface area contributed by atoms with Gasteiger partial charge in [-0.05, 0) is 141 Å². The number of epoxide rings is 2. The molecule has 8 aromatic carbocycles. The van der Waals surface area contributed by atoms with Gasteiger partial charge in [0, 0.05) is 6.42 Å². The van der Waals surface area contributed by atoms with E-state index < -0.39 is 23.9 Å². The van der Waals surface area contributed by atoms with E-state index in [9.17, 15) is 19.2 Å². The van der Waals surface area contributed by atoms with Crippen molar-refractivity contribution in [1.29, 1.82) is 0 Å². The van der Waals surface area contributed by atoms with Gasteiger partial charge in [0.15, 0.2) is 0 Å². The van der Waals surface area contributed by atoms with E-state index >= 15 is 0 Å². The van der Waals surface area contributed by atoms with Crippen LogP contribution in [0, 0.1) is 0 Å². The second kappa shape index (κ2) is 20.3. The van der Waals surface area contributed by atoms with E-state index in [2.05, 4.69) is 0 Å². The Labute approximate surface area is 396 Å². The number of rotatable bonds is 18. The number of fused-ring (bicyclic) bond motifs is 2. The number of esters is 4. The third-order valence-electron chi connectivity index (χ3n) is 11.6. The van der Waals surface area contributed by atoms with Crippen molar-refractivity contribution in [2.45, 2.75) is 18.6 Å². The summed E-state index contributed by atoms with van der Waals surface area (Å²) >= 11 is 0. The lowest BCUT2D eigenvalue weighted by molar-refractivity contribution is 0.0395. The molecule has 2 atom stereocenters. The summed E-state index contributed by atoms with van der Waals surface area (Å²) in [4.78, 5) is 51.8. The standard InChI is InChI=1S/C57H44O12/c58-54(46-12-10-44-30-50(24-18-42(44)28-46)68-56(60)40-6-2-36(3-7-40)38-14-20-48(21-15-38)64-32-52-34-66-52)62-26-1-27-63-55(59)47-13-11-45-31-51(25-19-43(45)29-47)69-57(61)41-8-4-37(5-9-41)39-16-22-49(23-17-39)65-33-53-35-67-53/h2-25,28-31,52-53H,1,26-27,32-35H2. The molecule has 69 heavy (non-hydrogen) atoms. The van der Waals surface area contributed by atoms with E-state index in [0.29, 0.717) is 53.4 Å². The van der Waals surface area contributed by atoms with E-state index in [1.807, 2.05) is 72.8 Å². The van der Waals surface area contributed by atoms with Crippen LogP contribution in [0.2, 0.25) is 0 Å². The largest absolute Gasteiger partial charge is 0.491 e. The average molecular weight is 921 g/mol. The van der Waals surface area contributed by atoms with Crippen LogP contribution in [0.4, 0.5) is 0 Å². The summed E-state index contributed by atoms with van der Waals surface area (Å²) in [6.07, 6.45) is 0.682. The van der Waals surface area contributed by atoms with Gasteiger partial charge in [0.2, 0.25) is 0 Å². The molecule has 10 rings (SSSR count). The number of hydrogen-bond acceptors (Lipinski definition) is 12. The quantitative estimate of drug-likeness (QED) is 0.0349. The zero-order chi connectivity index (χ0) is 47.1. The Morgan fingerprint density at radius 2 is 0.696 bits per heavy atom. The van der Waals surface area contributed by atoms with E-state index in [4.69, 9.17) is 37.9 Å². The fraction of sp³-hybridized carbons (Fsp3) is 0.158. The van der Waals surface area contributed by atoms with Gasteiger partial charge in [0.1, 0.15) is 48.4 Å². The van der Waals surface area contributed by atoms with Gasteiger partial charge in [-0.1, -0.05) is 72.8 Å². The Balaban J connectivity index is 0.650. The molecule has 2 unspecified atom stereocenters. The summed E-state index contributed by atoms with van der Waals surface area (Å²) in [7, 11) is 0. The second-order valence-electron chi connectivity index (χ2n) is 16.6. The van der Waals surface area contributed by atoms with Gasteiger partial charge >= 0.3 is 23.9 Å². The summed E-state index contributed by atoms with van der Waals surface area (Å²) in [6, 6.07) is 50.5. The molecular weight excluding hydrogens is 877 g/mol. The van der Waals surface area contributed by atoms with E-state index in [0.717, 1.165) is 68.5 Å². The summed E-state index contributed by atoms with van der Waals surface area (Å²) in [5, 5.41) is 3.07.